The van der Waals surface area contributed by atoms with E-state index in [9.17, 15) is 0 Å². The van der Waals surface area contributed by atoms with Crippen LogP contribution < -0.4 is 5.73 Å². The molecule has 0 saturated carbocycles. The number of rotatable bonds is 4. The Morgan fingerprint density at radius 1 is 1.10 bits per heavy atom. The second-order valence-corrected chi connectivity index (χ2v) is 6.69. The number of hydrogen-bond donors (Lipinski definition) is 1. The van der Waals surface area contributed by atoms with Crippen LogP contribution in [0.2, 0.25) is 5.02 Å². The quantitative estimate of drug-likeness (QED) is 0.788. The molecule has 3 heteroatoms. The van der Waals surface area contributed by atoms with Crippen molar-refractivity contribution in [2.75, 3.05) is 0 Å². The van der Waals surface area contributed by atoms with E-state index in [1.165, 1.54) is 5.56 Å². The van der Waals surface area contributed by atoms with E-state index in [0.29, 0.717) is 10.9 Å². The average molecular weight is 353 g/mol. The van der Waals surface area contributed by atoms with Gasteiger partial charge in [0.2, 0.25) is 0 Å². The van der Waals surface area contributed by atoms with E-state index in [1.54, 1.807) is 0 Å². The molecule has 0 radical (unpaired) electrons. The fourth-order valence-electron chi connectivity index (χ4n) is 2.27. The fraction of sp³-hybridized carbons (Fsp3) is 0.294. The zero-order valence-electron chi connectivity index (χ0n) is 11.7. The molecule has 2 N–H and O–H groups in total. The summed E-state index contributed by atoms with van der Waals surface area (Å²) >= 11 is 9.75. The summed E-state index contributed by atoms with van der Waals surface area (Å²) in [4.78, 5) is 0. The zero-order chi connectivity index (χ0) is 14.7. The first kappa shape index (κ1) is 15.6. The fourth-order valence-corrected chi connectivity index (χ4v) is 2.90. The molecule has 2 aromatic carbocycles. The Kier molecular flexibility index (Phi) is 5.25. The summed E-state index contributed by atoms with van der Waals surface area (Å²) in [7, 11) is 0. The van der Waals surface area contributed by atoms with E-state index in [0.717, 1.165) is 22.0 Å². The summed E-state index contributed by atoms with van der Waals surface area (Å²) in [5, 5.41) is 0.686. The standard InChI is InChI=1S/C17H19BrClN/c1-11(2)10-12-6-8-13(9-7-12)17(20)14-4-3-5-15(18)16(14)19/h3-9,11,17H,10,20H2,1-2H3. The highest BCUT2D eigenvalue weighted by molar-refractivity contribution is 9.10. The molecule has 0 aromatic heterocycles. The van der Waals surface area contributed by atoms with Gasteiger partial charge in [0.25, 0.3) is 0 Å². The summed E-state index contributed by atoms with van der Waals surface area (Å²) in [6.07, 6.45) is 1.09. The highest BCUT2D eigenvalue weighted by Crippen LogP contribution is 2.32. The molecule has 20 heavy (non-hydrogen) atoms. The van der Waals surface area contributed by atoms with Gasteiger partial charge in [-0.15, -0.1) is 0 Å². The molecule has 0 saturated heterocycles. The lowest BCUT2D eigenvalue weighted by Gasteiger charge is -2.16. The van der Waals surface area contributed by atoms with Gasteiger partial charge in [0.05, 0.1) is 11.1 Å². The van der Waals surface area contributed by atoms with E-state index >= 15 is 0 Å². The van der Waals surface area contributed by atoms with Crippen LogP contribution in [0.5, 0.6) is 0 Å². The maximum absolute atomic E-state index is 6.33. The molecule has 2 rings (SSSR count). The van der Waals surface area contributed by atoms with Crippen molar-refractivity contribution >= 4 is 27.5 Å². The van der Waals surface area contributed by atoms with Crippen molar-refractivity contribution in [1.29, 1.82) is 0 Å². The molecule has 0 fully saturated rings. The van der Waals surface area contributed by atoms with Crippen LogP contribution in [0.3, 0.4) is 0 Å². The molecule has 1 unspecified atom stereocenters. The molecule has 0 aliphatic carbocycles. The Morgan fingerprint density at radius 3 is 2.35 bits per heavy atom. The lowest BCUT2D eigenvalue weighted by Crippen LogP contribution is -2.12. The SMILES string of the molecule is CC(C)Cc1ccc(C(N)c2cccc(Br)c2Cl)cc1. The van der Waals surface area contributed by atoms with Crippen LogP contribution in [0.1, 0.15) is 36.6 Å². The normalized spacial score (nSPS) is 12.7. The summed E-state index contributed by atoms with van der Waals surface area (Å²) in [6, 6.07) is 14.2. The van der Waals surface area contributed by atoms with Crippen molar-refractivity contribution in [3.63, 3.8) is 0 Å². The summed E-state index contributed by atoms with van der Waals surface area (Å²) in [5.41, 5.74) is 9.70. The lowest BCUT2D eigenvalue weighted by atomic mass is 9.96. The van der Waals surface area contributed by atoms with Crippen molar-refractivity contribution in [1.82, 2.24) is 0 Å². The van der Waals surface area contributed by atoms with E-state index in [4.69, 9.17) is 17.3 Å². The lowest BCUT2D eigenvalue weighted by molar-refractivity contribution is 0.647. The molecule has 0 heterocycles. The largest absolute Gasteiger partial charge is 0.320 e. The topological polar surface area (TPSA) is 26.0 Å². The van der Waals surface area contributed by atoms with Gasteiger partial charge in [0.1, 0.15) is 0 Å². The third kappa shape index (κ3) is 3.63. The van der Waals surface area contributed by atoms with Gasteiger partial charge in [-0.2, -0.15) is 0 Å². The summed E-state index contributed by atoms with van der Waals surface area (Å²) in [6.45, 7) is 4.45. The molecule has 106 valence electrons. The first-order chi connectivity index (χ1) is 9.49. The van der Waals surface area contributed by atoms with Crippen LogP contribution in [-0.2, 0) is 6.42 Å². The minimum absolute atomic E-state index is 0.201. The van der Waals surface area contributed by atoms with E-state index < -0.39 is 0 Å². The van der Waals surface area contributed by atoms with Crippen LogP contribution >= 0.6 is 27.5 Å². The van der Waals surface area contributed by atoms with E-state index in [1.807, 2.05) is 18.2 Å². The Labute approximate surface area is 134 Å². The third-order valence-corrected chi connectivity index (χ3v) is 4.61. The zero-order valence-corrected chi connectivity index (χ0v) is 14.1. The van der Waals surface area contributed by atoms with Gasteiger partial charge in [0, 0.05) is 4.47 Å². The summed E-state index contributed by atoms with van der Waals surface area (Å²) < 4.78 is 0.878. The van der Waals surface area contributed by atoms with Crippen molar-refractivity contribution < 1.29 is 0 Å². The molecule has 1 nitrogen and oxygen atoms in total. The number of hydrogen-bond acceptors (Lipinski definition) is 1. The van der Waals surface area contributed by atoms with Crippen molar-refractivity contribution in [2.24, 2.45) is 11.7 Å². The molecular formula is C17H19BrClN. The minimum Gasteiger partial charge on any atom is -0.320 e. The first-order valence-corrected chi connectivity index (χ1v) is 7.94. The Hall–Kier alpha value is -0.830. The monoisotopic (exact) mass is 351 g/mol. The molecular weight excluding hydrogens is 334 g/mol. The van der Waals surface area contributed by atoms with Gasteiger partial charge in [-0.05, 0) is 51.0 Å². The predicted molar refractivity (Wildman–Crippen MR) is 90.2 cm³/mol. The molecule has 0 aliphatic heterocycles. The van der Waals surface area contributed by atoms with Gasteiger partial charge in [-0.3, -0.25) is 0 Å². The van der Waals surface area contributed by atoms with Crippen LogP contribution in [0, 0.1) is 5.92 Å². The molecule has 2 aromatic rings. The highest BCUT2D eigenvalue weighted by Gasteiger charge is 2.14. The minimum atomic E-state index is -0.201. The highest BCUT2D eigenvalue weighted by atomic mass is 79.9. The van der Waals surface area contributed by atoms with Gasteiger partial charge >= 0.3 is 0 Å². The molecule has 0 bridgehead atoms. The van der Waals surface area contributed by atoms with Crippen molar-refractivity contribution in [2.45, 2.75) is 26.3 Å². The maximum atomic E-state index is 6.33. The Morgan fingerprint density at radius 2 is 1.75 bits per heavy atom. The number of benzene rings is 2. The second-order valence-electron chi connectivity index (χ2n) is 5.46. The van der Waals surface area contributed by atoms with Gasteiger partial charge in [0.15, 0.2) is 0 Å². The smallest absolute Gasteiger partial charge is 0.0599 e. The number of nitrogens with two attached hydrogens (primary N) is 1. The van der Waals surface area contributed by atoms with Crippen LogP contribution in [-0.4, -0.2) is 0 Å². The third-order valence-electron chi connectivity index (χ3n) is 3.30. The Bertz CT molecular complexity index is 578. The molecule has 1 atom stereocenters. The first-order valence-electron chi connectivity index (χ1n) is 6.77. The van der Waals surface area contributed by atoms with Gasteiger partial charge in [-0.1, -0.05) is 61.8 Å². The van der Waals surface area contributed by atoms with Crippen LogP contribution in [0.4, 0.5) is 0 Å². The second kappa shape index (κ2) is 6.75. The molecule has 0 amide bonds. The van der Waals surface area contributed by atoms with Crippen LogP contribution in [0.25, 0.3) is 0 Å². The number of halogens is 2. The van der Waals surface area contributed by atoms with E-state index in [-0.39, 0.29) is 6.04 Å². The Balaban J connectivity index is 2.25. The van der Waals surface area contributed by atoms with Gasteiger partial charge in [-0.25, -0.2) is 0 Å². The van der Waals surface area contributed by atoms with Crippen molar-refractivity contribution in [3.8, 4) is 0 Å². The molecule has 0 spiro atoms. The van der Waals surface area contributed by atoms with Gasteiger partial charge < -0.3 is 5.73 Å². The van der Waals surface area contributed by atoms with Crippen LogP contribution in [0.15, 0.2) is 46.9 Å². The summed E-state index contributed by atoms with van der Waals surface area (Å²) in [5.74, 6) is 0.661. The predicted octanol–water partition coefficient (Wildman–Crippen LogP) is 5.35. The van der Waals surface area contributed by atoms with E-state index in [2.05, 4.69) is 54.0 Å². The maximum Gasteiger partial charge on any atom is 0.0599 e. The average Bonchev–Trinajstić information content (AvgIpc) is 2.41. The molecule has 0 aliphatic rings. The van der Waals surface area contributed by atoms with Crippen molar-refractivity contribution in [3.05, 3.63) is 68.7 Å².